The first-order chi connectivity index (χ1) is 17.1. The zero-order valence-electron chi connectivity index (χ0n) is 19.9. The van der Waals surface area contributed by atoms with Crippen LogP contribution in [0.25, 0.3) is 10.9 Å². The van der Waals surface area contributed by atoms with Crippen molar-refractivity contribution in [1.29, 1.82) is 0 Å². The Kier molecular flexibility index (Phi) is 5.33. The molecule has 4 aromatic rings. The molecule has 6 nitrogen and oxygen atoms in total. The summed E-state index contributed by atoms with van der Waals surface area (Å²) in [7, 11) is 1.72. The van der Waals surface area contributed by atoms with Gasteiger partial charge >= 0.3 is 0 Å². The molecule has 178 valence electrons. The second kappa shape index (κ2) is 8.54. The lowest BCUT2D eigenvalue weighted by atomic mass is 9.58. The van der Waals surface area contributed by atoms with Crippen LogP contribution >= 0.6 is 0 Å². The summed E-state index contributed by atoms with van der Waals surface area (Å²) in [6, 6.07) is 24.4. The summed E-state index contributed by atoms with van der Waals surface area (Å²) in [6.07, 6.45) is 2.87. The summed E-state index contributed by atoms with van der Waals surface area (Å²) in [5.41, 5.74) is 6.27. The van der Waals surface area contributed by atoms with Crippen LogP contribution in [0.1, 0.15) is 28.8 Å². The molecule has 35 heavy (non-hydrogen) atoms. The fraction of sp³-hybridized carbons (Fsp3) is 0.310. The third kappa shape index (κ3) is 3.78. The maximum absolute atomic E-state index is 11.5. The SMILES string of the molecule is COc1cccc(C23CCN(Cc4ccccc4)CC2Cc2c([nH]c4ccc([N+](=O)[O-])cc24)C3)c1. The summed E-state index contributed by atoms with van der Waals surface area (Å²) in [5, 5.41) is 12.4. The maximum Gasteiger partial charge on any atom is 0.270 e. The molecule has 2 aliphatic rings. The second-order valence-corrected chi connectivity index (χ2v) is 10.0. The van der Waals surface area contributed by atoms with Gasteiger partial charge < -0.3 is 9.72 Å². The van der Waals surface area contributed by atoms with Crippen LogP contribution in [0.15, 0.2) is 72.8 Å². The van der Waals surface area contributed by atoms with E-state index in [2.05, 4.69) is 58.4 Å². The first kappa shape index (κ1) is 21.9. The van der Waals surface area contributed by atoms with Gasteiger partial charge in [0, 0.05) is 47.2 Å². The number of hydrogen-bond acceptors (Lipinski definition) is 4. The molecule has 2 heterocycles. The quantitative estimate of drug-likeness (QED) is 0.304. The molecule has 1 N–H and O–H groups in total. The molecule has 6 rings (SSSR count). The van der Waals surface area contributed by atoms with Gasteiger partial charge in [-0.1, -0.05) is 42.5 Å². The largest absolute Gasteiger partial charge is 0.497 e. The van der Waals surface area contributed by atoms with Gasteiger partial charge in [0.15, 0.2) is 0 Å². The molecule has 0 saturated carbocycles. The third-order valence-corrected chi connectivity index (χ3v) is 8.16. The van der Waals surface area contributed by atoms with Crippen LogP contribution in [0.4, 0.5) is 5.69 Å². The average Bonchev–Trinajstić information content (AvgIpc) is 3.24. The molecule has 1 saturated heterocycles. The summed E-state index contributed by atoms with van der Waals surface area (Å²) >= 11 is 0. The number of methoxy groups -OCH3 is 1. The normalized spacial score (nSPS) is 21.9. The van der Waals surface area contributed by atoms with Gasteiger partial charge in [-0.05, 0) is 66.6 Å². The Balaban J connectivity index is 1.42. The zero-order chi connectivity index (χ0) is 24.0. The molecule has 0 amide bonds. The van der Waals surface area contributed by atoms with Crippen LogP contribution in [0, 0.1) is 16.0 Å². The van der Waals surface area contributed by atoms with Gasteiger partial charge in [0.1, 0.15) is 5.75 Å². The van der Waals surface area contributed by atoms with Gasteiger partial charge in [-0.3, -0.25) is 15.0 Å². The fourth-order valence-electron chi connectivity index (χ4n) is 6.38. The monoisotopic (exact) mass is 467 g/mol. The lowest BCUT2D eigenvalue weighted by molar-refractivity contribution is -0.384. The van der Waals surface area contributed by atoms with Crippen molar-refractivity contribution in [3.05, 3.63) is 105 Å². The predicted molar refractivity (Wildman–Crippen MR) is 137 cm³/mol. The molecule has 1 aliphatic carbocycles. The number of fused-ring (bicyclic) bond motifs is 4. The lowest BCUT2D eigenvalue weighted by Crippen LogP contribution is -2.53. The van der Waals surface area contributed by atoms with Crippen molar-refractivity contribution in [3.63, 3.8) is 0 Å². The molecule has 1 aromatic heterocycles. The van der Waals surface area contributed by atoms with E-state index < -0.39 is 0 Å². The number of nitrogens with one attached hydrogen (secondary N) is 1. The molecular formula is C29H29N3O3. The van der Waals surface area contributed by atoms with Crippen molar-refractivity contribution in [3.8, 4) is 5.75 Å². The van der Waals surface area contributed by atoms with Gasteiger partial charge in [0.05, 0.1) is 12.0 Å². The summed E-state index contributed by atoms with van der Waals surface area (Å²) in [5.74, 6) is 1.29. The van der Waals surface area contributed by atoms with Crippen molar-refractivity contribution in [1.82, 2.24) is 9.88 Å². The molecule has 2 unspecified atom stereocenters. The number of ether oxygens (including phenoxy) is 1. The van der Waals surface area contributed by atoms with Crippen LogP contribution < -0.4 is 4.74 Å². The van der Waals surface area contributed by atoms with E-state index in [1.807, 2.05) is 12.1 Å². The van der Waals surface area contributed by atoms with Gasteiger partial charge in [0.2, 0.25) is 0 Å². The summed E-state index contributed by atoms with van der Waals surface area (Å²) in [4.78, 5) is 17.3. The Hall–Kier alpha value is -3.64. The number of non-ortho nitro benzene ring substituents is 1. The predicted octanol–water partition coefficient (Wildman–Crippen LogP) is 5.64. The van der Waals surface area contributed by atoms with Crippen LogP contribution in [0.2, 0.25) is 0 Å². The number of benzene rings is 3. The molecule has 0 radical (unpaired) electrons. The highest BCUT2D eigenvalue weighted by atomic mass is 16.6. The first-order valence-corrected chi connectivity index (χ1v) is 12.2. The van der Waals surface area contributed by atoms with Crippen molar-refractivity contribution >= 4 is 16.6 Å². The fourth-order valence-corrected chi connectivity index (χ4v) is 6.38. The minimum absolute atomic E-state index is 0.00153. The van der Waals surface area contributed by atoms with E-state index in [1.54, 1.807) is 19.2 Å². The Morgan fingerprint density at radius 1 is 1.11 bits per heavy atom. The molecular weight excluding hydrogens is 438 g/mol. The van der Waals surface area contributed by atoms with Gasteiger partial charge in [-0.2, -0.15) is 0 Å². The van der Waals surface area contributed by atoms with Crippen molar-refractivity contribution in [2.24, 2.45) is 5.92 Å². The highest BCUT2D eigenvalue weighted by Gasteiger charge is 2.48. The Labute approximate surface area is 204 Å². The number of piperidine rings is 1. The third-order valence-electron chi connectivity index (χ3n) is 8.16. The molecule has 6 heteroatoms. The standard InChI is InChI=1S/C29H29N3O3/c1-35-24-9-5-8-21(14-24)29-12-13-31(18-20-6-3-2-4-7-20)19-22(29)15-25-26-16-23(32(33)34)10-11-27(26)30-28(25)17-29/h2-11,14,16,22,30H,12-13,15,17-19H2,1H3. The van der Waals surface area contributed by atoms with E-state index in [4.69, 9.17) is 4.74 Å². The molecule has 3 aromatic carbocycles. The van der Waals surface area contributed by atoms with Crippen LogP contribution in [0.5, 0.6) is 5.75 Å². The van der Waals surface area contributed by atoms with E-state index in [0.717, 1.165) is 55.5 Å². The minimum Gasteiger partial charge on any atom is -0.497 e. The van der Waals surface area contributed by atoms with Gasteiger partial charge in [-0.25, -0.2) is 0 Å². The maximum atomic E-state index is 11.5. The van der Waals surface area contributed by atoms with Crippen molar-refractivity contribution in [2.45, 2.75) is 31.2 Å². The lowest BCUT2D eigenvalue weighted by Gasteiger charge is -2.51. The first-order valence-electron chi connectivity index (χ1n) is 12.2. The summed E-state index contributed by atoms with van der Waals surface area (Å²) < 4.78 is 5.59. The second-order valence-electron chi connectivity index (χ2n) is 10.0. The van der Waals surface area contributed by atoms with Crippen LogP contribution in [-0.2, 0) is 24.8 Å². The molecule has 0 spiro atoms. The molecule has 0 bridgehead atoms. The topological polar surface area (TPSA) is 71.4 Å². The highest BCUT2D eigenvalue weighted by Crippen LogP contribution is 2.50. The number of nitro benzene ring substituents is 1. The van der Waals surface area contributed by atoms with Crippen molar-refractivity contribution < 1.29 is 9.66 Å². The number of hydrogen-bond donors (Lipinski definition) is 1. The van der Waals surface area contributed by atoms with Gasteiger partial charge in [-0.15, -0.1) is 0 Å². The molecule has 2 atom stereocenters. The number of nitrogens with zero attached hydrogens (tertiary/aromatic N) is 2. The van der Waals surface area contributed by atoms with E-state index in [1.165, 1.54) is 22.4 Å². The number of aromatic nitrogens is 1. The summed E-state index contributed by atoms with van der Waals surface area (Å²) in [6.45, 7) is 2.97. The van der Waals surface area contributed by atoms with E-state index in [9.17, 15) is 10.1 Å². The number of nitro groups is 1. The van der Waals surface area contributed by atoms with Gasteiger partial charge in [0.25, 0.3) is 5.69 Å². The number of likely N-dealkylation sites (tertiary alicyclic amines) is 1. The molecule has 1 fully saturated rings. The Morgan fingerprint density at radius 2 is 1.97 bits per heavy atom. The smallest absolute Gasteiger partial charge is 0.270 e. The number of rotatable bonds is 5. The Bertz CT molecular complexity index is 1400. The van der Waals surface area contributed by atoms with E-state index >= 15 is 0 Å². The Morgan fingerprint density at radius 3 is 2.77 bits per heavy atom. The molecule has 1 aliphatic heterocycles. The van der Waals surface area contributed by atoms with E-state index in [0.29, 0.717) is 5.92 Å². The van der Waals surface area contributed by atoms with Crippen molar-refractivity contribution in [2.75, 3.05) is 20.2 Å². The van der Waals surface area contributed by atoms with Crippen LogP contribution in [-0.4, -0.2) is 35.0 Å². The zero-order valence-corrected chi connectivity index (χ0v) is 19.9. The highest BCUT2D eigenvalue weighted by molar-refractivity contribution is 5.87. The average molecular weight is 468 g/mol. The van der Waals surface area contributed by atoms with Crippen LogP contribution in [0.3, 0.4) is 0 Å². The number of H-pyrrole nitrogens is 1. The van der Waals surface area contributed by atoms with E-state index in [-0.39, 0.29) is 16.0 Å². The minimum atomic E-state index is -0.301. The number of aromatic amines is 1.